The average Bonchev–Trinajstić information content (AvgIpc) is 3.32. The molecule has 2 saturated carbocycles. The predicted molar refractivity (Wildman–Crippen MR) is 89.6 cm³/mol. The Balaban J connectivity index is 1.44. The van der Waals surface area contributed by atoms with E-state index in [9.17, 15) is 4.79 Å². The van der Waals surface area contributed by atoms with Crippen molar-refractivity contribution in [1.29, 1.82) is 0 Å². The van der Waals surface area contributed by atoms with E-state index in [0.717, 1.165) is 42.6 Å². The molecule has 0 saturated heterocycles. The molecule has 1 aromatic rings. The molecule has 120 valence electrons. The number of hydrogen-bond donors (Lipinski definition) is 1. The van der Waals surface area contributed by atoms with Crippen LogP contribution >= 0.6 is 15.9 Å². The van der Waals surface area contributed by atoms with Gasteiger partial charge in [0.2, 0.25) is 11.9 Å². The Morgan fingerprint density at radius 3 is 2.45 bits per heavy atom. The highest BCUT2D eigenvalue weighted by atomic mass is 79.9. The maximum atomic E-state index is 12.1. The van der Waals surface area contributed by atoms with Gasteiger partial charge in [-0.3, -0.25) is 4.79 Å². The Bertz CT molecular complexity index is 509. The highest BCUT2D eigenvalue weighted by molar-refractivity contribution is 9.10. The molecule has 0 aliphatic heterocycles. The lowest BCUT2D eigenvalue weighted by Gasteiger charge is -2.30. The van der Waals surface area contributed by atoms with Crippen LogP contribution in [0.4, 0.5) is 5.95 Å². The summed E-state index contributed by atoms with van der Waals surface area (Å²) in [5.74, 6) is 1.90. The quantitative estimate of drug-likeness (QED) is 0.870. The van der Waals surface area contributed by atoms with Gasteiger partial charge in [0, 0.05) is 37.9 Å². The Labute approximate surface area is 140 Å². The number of carbonyl (C=O) groups is 1. The SMILES string of the molecule is CN(C[C@H]1CC[C@H](C(=O)NC2CC2)CC1)c1ncc(Br)cn1. The zero-order valence-corrected chi connectivity index (χ0v) is 14.6. The molecule has 1 heterocycles. The van der Waals surface area contributed by atoms with Crippen LogP contribution in [0.15, 0.2) is 16.9 Å². The van der Waals surface area contributed by atoms with E-state index >= 15 is 0 Å². The second-order valence-electron chi connectivity index (χ2n) is 6.58. The van der Waals surface area contributed by atoms with E-state index in [1.807, 2.05) is 7.05 Å². The van der Waals surface area contributed by atoms with Crippen LogP contribution in [0.3, 0.4) is 0 Å². The van der Waals surface area contributed by atoms with E-state index in [4.69, 9.17) is 0 Å². The molecule has 1 N–H and O–H groups in total. The second-order valence-corrected chi connectivity index (χ2v) is 7.50. The van der Waals surface area contributed by atoms with Gasteiger partial charge >= 0.3 is 0 Å². The summed E-state index contributed by atoms with van der Waals surface area (Å²) in [6, 6.07) is 0.478. The van der Waals surface area contributed by atoms with E-state index in [1.165, 1.54) is 12.8 Å². The lowest BCUT2D eigenvalue weighted by atomic mass is 9.81. The van der Waals surface area contributed by atoms with Crippen molar-refractivity contribution in [3.63, 3.8) is 0 Å². The average molecular weight is 367 g/mol. The molecule has 0 atom stereocenters. The van der Waals surface area contributed by atoms with Crippen molar-refractivity contribution in [3.05, 3.63) is 16.9 Å². The molecule has 2 aliphatic carbocycles. The van der Waals surface area contributed by atoms with Crippen molar-refractivity contribution in [3.8, 4) is 0 Å². The van der Waals surface area contributed by atoms with Gasteiger partial charge in [-0.25, -0.2) is 9.97 Å². The molecule has 22 heavy (non-hydrogen) atoms. The molecule has 3 rings (SSSR count). The molecule has 1 aromatic heterocycles. The smallest absolute Gasteiger partial charge is 0.225 e. The third kappa shape index (κ3) is 4.18. The first-order valence-corrected chi connectivity index (χ1v) is 8.90. The van der Waals surface area contributed by atoms with Crippen molar-refractivity contribution in [2.75, 3.05) is 18.5 Å². The van der Waals surface area contributed by atoms with E-state index in [-0.39, 0.29) is 11.8 Å². The summed E-state index contributed by atoms with van der Waals surface area (Å²) in [5, 5.41) is 3.14. The van der Waals surface area contributed by atoms with Crippen LogP contribution < -0.4 is 10.2 Å². The maximum absolute atomic E-state index is 12.1. The zero-order valence-electron chi connectivity index (χ0n) is 13.0. The fourth-order valence-electron chi connectivity index (χ4n) is 3.13. The maximum Gasteiger partial charge on any atom is 0.225 e. The minimum Gasteiger partial charge on any atom is -0.353 e. The first-order chi connectivity index (χ1) is 10.6. The fraction of sp³-hybridized carbons (Fsp3) is 0.688. The molecule has 0 aromatic carbocycles. The molecule has 0 bridgehead atoms. The first kappa shape index (κ1) is 15.7. The summed E-state index contributed by atoms with van der Waals surface area (Å²) in [5.41, 5.74) is 0. The monoisotopic (exact) mass is 366 g/mol. The van der Waals surface area contributed by atoms with Crippen molar-refractivity contribution in [2.45, 2.75) is 44.6 Å². The lowest BCUT2D eigenvalue weighted by Crippen LogP contribution is -2.36. The number of aromatic nitrogens is 2. The minimum atomic E-state index is 0.228. The molecule has 0 radical (unpaired) electrons. The number of anilines is 1. The van der Waals surface area contributed by atoms with Crippen molar-refractivity contribution in [2.24, 2.45) is 11.8 Å². The first-order valence-electron chi connectivity index (χ1n) is 8.11. The van der Waals surface area contributed by atoms with Crippen LogP contribution in [0.2, 0.25) is 0 Å². The van der Waals surface area contributed by atoms with E-state index in [0.29, 0.717) is 12.0 Å². The summed E-state index contributed by atoms with van der Waals surface area (Å²) in [6.07, 6.45) is 10.1. The summed E-state index contributed by atoms with van der Waals surface area (Å²) in [6.45, 7) is 0.957. The topological polar surface area (TPSA) is 58.1 Å². The minimum absolute atomic E-state index is 0.228. The van der Waals surface area contributed by atoms with E-state index in [1.54, 1.807) is 12.4 Å². The number of rotatable bonds is 5. The number of nitrogens with one attached hydrogen (secondary N) is 1. The number of hydrogen-bond acceptors (Lipinski definition) is 4. The zero-order chi connectivity index (χ0) is 15.5. The normalized spacial score (nSPS) is 24.8. The number of amides is 1. The predicted octanol–water partition coefficient (Wildman–Crippen LogP) is 2.76. The molecule has 6 heteroatoms. The fourth-order valence-corrected chi connectivity index (χ4v) is 3.33. The number of nitrogens with zero attached hydrogens (tertiary/aromatic N) is 3. The Morgan fingerprint density at radius 2 is 1.86 bits per heavy atom. The van der Waals surface area contributed by atoms with Gasteiger partial charge in [0.05, 0.1) is 4.47 Å². The summed E-state index contributed by atoms with van der Waals surface area (Å²) < 4.78 is 0.895. The van der Waals surface area contributed by atoms with Crippen LogP contribution in [0.25, 0.3) is 0 Å². The third-order valence-corrected chi connectivity index (χ3v) is 5.03. The highest BCUT2D eigenvalue weighted by Gasteiger charge is 2.30. The largest absolute Gasteiger partial charge is 0.353 e. The molecule has 0 spiro atoms. The Kier molecular flexibility index (Phi) is 4.96. The van der Waals surface area contributed by atoms with Gasteiger partial charge in [0.25, 0.3) is 0 Å². The summed E-state index contributed by atoms with van der Waals surface area (Å²) in [4.78, 5) is 22.9. The molecule has 2 fully saturated rings. The van der Waals surface area contributed by atoms with Crippen molar-refractivity contribution >= 4 is 27.8 Å². The van der Waals surface area contributed by atoms with Gasteiger partial charge in [-0.15, -0.1) is 0 Å². The van der Waals surface area contributed by atoms with Gasteiger partial charge in [-0.05, 0) is 60.4 Å². The van der Waals surface area contributed by atoms with Gasteiger partial charge in [-0.1, -0.05) is 0 Å². The van der Waals surface area contributed by atoms with Gasteiger partial charge in [-0.2, -0.15) is 0 Å². The van der Waals surface area contributed by atoms with Crippen LogP contribution in [0.5, 0.6) is 0 Å². The third-order valence-electron chi connectivity index (χ3n) is 4.62. The van der Waals surface area contributed by atoms with Crippen LogP contribution in [0, 0.1) is 11.8 Å². The standard InChI is InChI=1S/C16H23BrN4O/c1-21(16-18-8-13(17)9-19-16)10-11-2-4-12(5-3-11)15(22)20-14-6-7-14/h8-9,11-12,14H,2-7,10H2,1H3,(H,20,22)/t11-,12-. The molecule has 2 aliphatic rings. The summed E-state index contributed by atoms with van der Waals surface area (Å²) in [7, 11) is 2.04. The van der Waals surface area contributed by atoms with Crippen LogP contribution in [-0.4, -0.2) is 35.5 Å². The summed E-state index contributed by atoms with van der Waals surface area (Å²) >= 11 is 3.35. The van der Waals surface area contributed by atoms with E-state index < -0.39 is 0 Å². The van der Waals surface area contributed by atoms with E-state index in [2.05, 4.69) is 36.1 Å². The van der Waals surface area contributed by atoms with Crippen LogP contribution in [0.1, 0.15) is 38.5 Å². The Morgan fingerprint density at radius 1 is 1.23 bits per heavy atom. The second kappa shape index (κ2) is 6.94. The lowest BCUT2D eigenvalue weighted by molar-refractivity contribution is -0.126. The highest BCUT2D eigenvalue weighted by Crippen LogP contribution is 2.31. The molecule has 0 unspecified atom stereocenters. The Hall–Kier alpha value is -1.17. The molecular formula is C16H23BrN4O. The van der Waals surface area contributed by atoms with Crippen molar-refractivity contribution in [1.82, 2.24) is 15.3 Å². The number of halogens is 1. The van der Waals surface area contributed by atoms with Gasteiger partial charge < -0.3 is 10.2 Å². The molecule has 5 nitrogen and oxygen atoms in total. The van der Waals surface area contributed by atoms with Crippen LogP contribution in [-0.2, 0) is 4.79 Å². The molecular weight excluding hydrogens is 344 g/mol. The van der Waals surface area contributed by atoms with Crippen molar-refractivity contribution < 1.29 is 4.79 Å². The number of carbonyl (C=O) groups excluding carboxylic acids is 1. The van der Waals surface area contributed by atoms with Gasteiger partial charge in [0.15, 0.2) is 0 Å². The molecule has 1 amide bonds. The van der Waals surface area contributed by atoms with Gasteiger partial charge in [0.1, 0.15) is 0 Å².